The molecule has 2 rings (SSSR count). The van der Waals surface area contributed by atoms with Crippen LogP contribution in [0.15, 0.2) is 18.2 Å². The number of carbonyl (C=O) groups is 2. The molecule has 1 aliphatic heterocycles. The molecule has 0 bridgehead atoms. The average Bonchev–Trinajstić information content (AvgIpc) is 2.52. The lowest BCUT2D eigenvalue weighted by molar-refractivity contribution is -0.135. The van der Waals surface area contributed by atoms with Crippen LogP contribution < -0.4 is 5.32 Å². The smallest absolute Gasteiger partial charge is 0.245 e. The molecule has 1 N–H and O–H groups in total. The van der Waals surface area contributed by atoms with E-state index in [0.29, 0.717) is 24.4 Å². The number of nitrogens with zero attached hydrogens (tertiary/aromatic N) is 1. The van der Waals surface area contributed by atoms with E-state index in [1.165, 1.54) is 0 Å². The van der Waals surface area contributed by atoms with Crippen molar-refractivity contribution in [3.05, 3.63) is 34.3 Å². The van der Waals surface area contributed by atoms with Gasteiger partial charge in [0.25, 0.3) is 0 Å². The summed E-state index contributed by atoms with van der Waals surface area (Å²) in [4.78, 5) is 26.1. The van der Waals surface area contributed by atoms with Crippen molar-refractivity contribution in [1.29, 1.82) is 0 Å². The first-order chi connectivity index (χ1) is 9.92. The molecule has 1 heterocycles. The summed E-state index contributed by atoms with van der Waals surface area (Å²) in [5.74, 6) is -0.104. The van der Waals surface area contributed by atoms with Gasteiger partial charge in [0.2, 0.25) is 11.8 Å². The first kappa shape index (κ1) is 15.8. The second-order valence-electron chi connectivity index (χ2n) is 5.64. The van der Waals surface area contributed by atoms with Crippen molar-refractivity contribution >= 4 is 23.4 Å². The summed E-state index contributed by atoms with van der Waals surface area (Å²) < 4.78 is 0. The molecule has 0 radical (unpaired) electrons. The summed E-state index contributed by atoms with van der Waals surface area (Å²) in [6.07, 6.45) is 0.918. The number of hydrogen-bond acceptors (Lipinski definition) is 2. The van der Waals surface area contributed by atoms with E-state index in [4.69, 9.17) is 11.6 Å². The van der Waals surface area contributed by atoms with E-state index in [0.717, 1.165) is 11.1 Å². The number of carbonyl (C=O) groups excluding carboxylic acids is 2. The van der Waals surface area contributed by atoms with Gasteiger partial charge in [-0.1, -0.05) is 30.7 Å². The van der Waals surface area contributed by atoms with Crippen molar-refractivity contribution in [3.8, 4) is 0 Å². The van der Waals surface area contributed by atoms with Crippen LogP contribution in [0, 0.1) is 6.92 Å². The maximum atomic E-state index is 12.6. The number of hydrogen-bond donors (Lipinski definition) is 1. The number of halogens is 1. The standard InChI is InChI=1S/C16H21ClN2O2/c1-4-14-16(21)19(11(3)8-15(20)18-14)9-12-6-5-10(2)7-13(12)17/h5-7,11,14H,4,8-9H2,1-3H3,(H,18,20). The molecular formula is C16H21ClN2O2. The fourth-order valence-corrected chi connectivity index (χ4v) is 2.88. The van der Waals surface area contributed by atoms with Crippen molar-refractivity contribution in [1.82, 2.24) is 10.2 Å². The highest BCUT2D eigenvalue weighted by atomic mass is 35.5. The molecule has 2 atom stereocenters. The molecular weight excluding hydrogens is 288 g/mol. The average molecular weight is 309 g/mol. The largest absolute Gasteiger partial charge is 0.344 e. The molecule has 2 unspecified atom stereocenters. The first-order valence-corrected chi connectivity index (χ1v) is 7.65. The Bertz CT molecular complexity index is 559. The highest BCUT2D eigenvalue weighted by molar-refractivity contribution is 6.31. The summed E-state index contributed by atoms with van der Waals surface area (Å²) in [5.41, 5.74) is 1.99. The minimum Gasteiger partial charge on any atom is -0.344 e. The fraction of sp³-hybridized carbons (Fsp3) is 0.500. The molecule has 0 aliphatic carbocycles. The highest BCUT2D eigenvalue weighted by Gasteiger charge is 2.33. The van der Waals surface area contributed by atoms with Crippen molar-refractivity contribution in [2.24, 2.45) is 0 Å². The van der Waals surface area contributed by atoms with Gasteiger partial charge >= 0.3 is 0 Å². The third-order valence-corrected chi connectivity index (χ3v) is 4.24. The zero-order chi connectivity index (χ0) is 15.6. The number of amides is 2. The quantitative estimate of drug-likeness (QED) is 0.933. The molecule has 0 aromatic heterocycles. The van der Waals surface area contributed by atoms with Gasteiger partial charge in [-0.15, -0.1) is 0 Å². The van der Waals surface area contributed by atoms with Gasteiger partial charge in [-0.05, 0) is 37.5 Å². The molecule has 2 amide bonds. The Morgan fingerprint density at radius 1 is 1.38 bits per heavy atom. The zero-order valence-electron chi connectivity index (χ0n) is 12.6. The van der Waals surface area contributed by atoms with E-state index in [9.17, 15) is 9.59 Å². The van der Waals surface area contributed by atoms with Crippen LogP contribution in [-0.4, -0.2) is 28.8 Å². The molecule has 5 heteroatoms. The van der Waals surface area contributed by atoms with Gasteiger partial charge in [0.1, 0.15) is 6.04 Å². The molecule has 4 nitrogen and oxygen atoms in total. The SMILES string of the molecule is CCC1NC(=O)CC(C)N(Cc2ccc(C)cc2Cl)C1=O. The highest BCUT2D eigenvalue weighted by Crippen LogP contribution is 2.22. The minimum absolute atomic E-state index is 0.0347. The van der Waals surface area contributed by atoms with Crippen LogP contribution in [0.5, 0.6) is 0 Å². The van der Waals surface area contributed by atoms with Gasteiger partial charge in [0, 0.05) is 24.0 Å². The van der Waals surface area contributed by atoms with Gasteiger partial charge in [0.15, 0.2) is 0 Å². The van der Waals surface area contributed by atoms with Crippen LogP contribution in [0.4, 0.5) is 0 Å². The van der Waals surface area contributed by atoms with Gasteiger partial charge in [-0.2, -0.15) is 0 Å². The molecule has 1 aromatic carbocycles. The summed E-state index contributed by atoms with van der Waals surface area (Å²) in [6, 6.07) is 5.25. The molecule has 0 saturated carbocycles. The van der Waals surface area contributed by atoms with E-state index in [1.54, 1.807) is 4.90 Å². The monoisotopic (exact) mass is 308 g/mol. The Hall–Kier alpha value is -1.55. The van der Waals surface area contributed by atoms with Gasteiger partial charge in [-0.25, -0.2) is 0 Å². The number of aryl methyl sites for hydroxylation is 1. The maximum Gasteiger partial charge on any atom is 0.245 e. The van der Waals surface area contributed by atoms with Crippen LogP contribution in [0.3, 0.4) is 0 Å². The van der Waals surface area contributed by atoms with Crippen LogP contribution in [-0.2, 0) is 16.1 Å². The Kier molecular flexibility index (Phi) is 4.88. The van der Waals surface area contributed by atoms with E-state index in [1.807, 2.05) is 39.0 Å². The lowest BCUT2D eigenvalue weighted by atomic mass is 10.1. The van der Waals surface area contributed by atoms with Crippen LogP contribution >= 0.6 is 11.6 Å². The molecule has 114 valence electrons. The van der Waals surface area contributed by atoms with Crippen LogP contribution in [0.25, 0.3) is 0 Å². The third-order valence-electron chi connectivity index (χ3n) is 3.89. The van der Waals surface area contributed by atoms with E-state index in [-0.39, 0.29) is 17.9 Å². The molecule has 0 spiro atoms. The summed E-state index contributed by atoms with van der Waals surface area (Å²) in [5, 5.41) is 3.44. The summed E-state index contributed by atoms with van der Waals surface area (Å²) >= 11 is 6.26. The van der Waals surface area contributed by atoms with Crippen LogP contribution in [0.1, 0.15) is 37.8 Å². The number of nitrogens with one attached hydrogen (secondary N) is 1. The van der Waals surface area contributed by atoms with E-state index in [2.05, 4.69) is 5.32 Å². The second kappa shape index (κ2) is 6.48. The number of benzene rings is 1. The number of rotatable bonds is 3. The van der Waals surface area contributed by atoms with Crippen molar-refractivity contribution in [3.63, 3.8) is 0 Å². The Balaban J connectivity index is 2.26. The summed E-state index contributed by atoms with van der Waals surface area (Å²) in [7, 11) is 0. The molecule has 1 fully saturated rings. The normalized spacial score (nSPS) is 23.0. The van der Waals surface area contributed by atoms with Crippen molar-refractivity contribution in [2.75, 3.05) is 0 Å². The van der Waals surface area contributed by atoms with Gasteiger partial charge in [0.05, 0.1) is 0 Å². The molecule has 1 aromatic rings. The Morgan fingerprint density at radius 2 is 2.10 bits per heavy atom. The topological polar surface area (TPSA) is 49.4 Å². The molecule has 1 aliphatic rings. The van der Waals surface area contributed by atoms with E-state index < -0.39 is 6.04 Å². The third kappa shape index (κ3) is 3.56. The second-order valence-corrected chi connectivity index (χ2v) is 6.05. The maximum absolute atomic E-state index is 12.6. The van der Waals surface area contributed by atoms with Gasteiger partial charge < -0.3 is 10.2 Å². The fourth-order valence-electron chi connectivity index (χ4n) is 2.59. The lowest BCUT2D eigenvalue weighted by Crippen LogP contribution is -2.45. The predicted molar refractivity (Wildman–Crippen MR) is 83.0 cm³/mol. The molecule has 21 heavy (non-hydrogen) atoms. The first-order valence-electron chi connectivity index (χ1n) is 7.27. The minimum atomic E-state index is -0.438. The lowest BCUT2D eigenvalue weighted by Gasteiger charge is -2.29. The predicted octanol–water partition coefficient (Wildman–Crippen LogP) is 2.66. The molecule has 1 saturated heterocycles. The Morgan fingerprint density at radius 3 is 2.71 bits per heavy atom. The van der Waals surface area contributed by atoms with Crippen molar-refractivity contribution < 1.29 is 9.59 Å². The van der Waals surface area contributed by atoms with Gasteiger partial charge in [-0.3, -0.25) is 9.59 Å². The zero-order valence-corrected chi connectivity index (χ0v) is 13.4. The summed E-state index contributed by atoms with van der Waals surface area (Å²) in [6.45, 7) is 6.21. The van der Waals surface area contributed by atoms with E-state index >= 15 is 0 Å². The van der Waals surface area contributed by atoms with Crippen molar-refractivity contribution in [2.45, 2.75) is 52.2 Å². The van der Waals surface area contributed by atoms with Crippen LogP contribution in [0.2, 0.25) is 5.02 Å². The Labute approximate surface area is 130 Å².